The average molecular weight is 682 g/mol. The van der Waals surface area contributed by atoms with Crippen molar-refractivity contribution in [3.63, 3.8) is 0 Å². The summed E-state index contributed by atoms with van der Waals surface area (Å²) in [6.07, 6.45) is 5.50. The van der Waals surface area contributed by atoms with Crippen LogP contribution < -0.4 is 26.0 Å². The van der Waals surface area contributed by atoms with E-state index in [4.69, 9.17) is 35.2 Å². The first-order valence-corrected chi connectivity index (χ1v) is 16.7. The molecule has 49 heavy (non-hydrogen) atoms. The van der Waals surface area contributed by atoms with E-state index in [0.29, 0.717) is 43.4 Å². The van der Waals surface area contributed by atoms with Crippen LogP contribution in [0.1, 0.15) is 63.3 Å². The smallest absolute Gasteiger partial charge is 0.415 e. The van der Waals surface area contributed by atoms with Gasteiger partial charge in [0.2, 0.25) is 5.89 Å². The number of nitrogens with zero attached hydrogens (tertiary/aromatic N) is 2. The van der Waals surface area contributed by atoms with E-state index in [2.05, 4.69) is 4.98 Å². The highest BCUT2D eigenvalue weighted by Gasteiger charge is 2.32. The van der Waals surface area contributed by atoms with Gasteiger partial charge in [-0.05, 0) is 101 Å². The topological polar surface area (TPSA) is 204 Å². The number of oxazole rings is 1. The molecule has 1 amide bonds. The van der Waals surface area contributed by atoms with Crippen LogP contribution in [0.4, 0.5) is 4.79 Å². The van der Waals surface area contributed by atoms with Gasteiger partial charge in [0.25, 0.3) is 0 Å². The first-order valence-electron chi connectivity index (χ1n) is 16.7. The molecule has 4 rings (SSSR count). The second-order valence-corrected chi connectivity index (χ2v) is 12.1. The molecule has 1 heterocycles. The molecule has 1 fully saturated rings. The fourth-order valence-corrected chi connectivity index (χ4v) is 5.63. The maximum Gasteiger partial charge on any atom is 0.415 e. The molecule has 0 saturated heterocycles. The van der Waals surface area contributed by atoms with Gasteiger partial charge in [-0.25, -0.2) is 9.78 Å². The minimum absolute atomic E-state index is 0.107. The van der Waals surface area contributed by atoms with Crippen LogP contribution >= 0.6 is 0 Å². The summed E-state index contributed by atoms with van der Waals surface area (Å²) in [5.74, 6) is 0.210. The molecule has 1 aromatic heterocycles. The van der Waals surface area contributed by atoms with E-state index < -0.39 is 30.6 Å². The first kappa shape index (κ1) is 39.0. The van der Waals surface area contributed by atoms with Gasteiger partial charge in [-0.15, -0.1) is 0 Å². The fourth-order valence-electron chi connectivity index (χ4n) is 5.63. The van der Waals surface area contributed by atoms with Crippen LogP contribution in [0.2, 0.25) is 0 Å². The Kier molecular flexibility index (Phi) is 16.0. The van der Waals surface area contributed by atoms with Gasteiger partial charge in [0, 0.05) is 18.0 Å². The summed E-state index contributed by atoms with van der Waals surface area (Å²) < 4.78 is 22.6. The Morgan fingerprint density at radius 1 is 1.04 bits per heavy atom. The number of methoxy groups -OCH3 is 1. The molecule has 0 aliphatic heterocycles. The van der Waals surface area contributed by atoms with E-state index in [0.717, 1.165) is 55.5 Å². The lowest BCUT2D eigenvalue weighted by Crippen LogP contribution is -2.50. The van der Waals surface area contributed by atoms with E-state index in [1.54, 1.807) is 31.4 Å². The molecule has 2 unspecified atom stereocenters. The minimum atomic E-state index is -1.33. The van der Waals surface area contributed by atoms with Gasteiger partial charge in [0.15, 0.2) is 0 Å². The number of carboxylic acid groups (broad SMARTS) is 2. The Balaban J connectivity index is 0.000000565. The molecule has 5 N–H and O–H groups in total. The first-order chi connectivity index (χ1) is 23.5. The molecular formula is C36H49N4O9-. The second kappa shape index (κ2) is 20.1. The number of carboxylic acids is 2. The van der Waals surface area contributed by atoms with E-state index in [1.807, 2.05) is 44.2 Å². The number of hydrogen-bond donors (Lipinski definition) is 3. The second-order valence-electron chi connectivity index (χ2n) is 12.1. The normalized spacial score (nSPS) is 16.8. The van der Waals surface area contributed by atoms with Gasteiger partial charge in [0.1, 0.15) is 23.3 Å². The van der Waals surface area contributed by atoms with Gasteiger partial charge in [0.05, 0.1) is 38.0 Å². The number of benzene rings is 2. The van der Waals surface area contributed by atoms with Crippen molar-refractivity contribution in [1.82, 2.24) is 9.88 Å². The molecule has 13 nitrogen and oxygen atoms in total. The lowest BCUT2D eigenvalue weighted by molar-refractivity contribution is -0.306. The zero-order chi connectivity index (χ0) is 35.8. The van der Waals surface area contributed by atoms with Crippen LogP contribution in [0.25, 0.3) is 11.5 Å². The van der Waals surface area contributed by atoms with Crippen molar-refractivity contribution >= 4 is 18.0 Å². The zero-order valence-electron chi connectivity index (χ0n) is 28.5. The van der Waals surface area contributed by atoms with Gasteiger partial charge >= 0.3 is 12.1 Å². The van der Waals surface area contributed by atoms with Crippen LogP contribution in [0.15, 0.2) is 59.0 Å². The number of nitrogens with two attached hydrogens (primary N) is 2. The van der Waals surface area contributed by atoms with Gasteiger partial charge in [-0.1, -0.05) is 24.6 Å². The van der Waals surface area contributed by atoms with Gasteiger partial charge in [-0.3, -0.25) is 9.69 Å². The summed E-state index contributed by atoms with van der Waals surface area (Å²) >= 11 is 0. The SMILES string of the molecule is COc1ccc(OC(=O)N(CC(=O)[O-])C(C)C2CCC(OCCc3nc(-c4ccccc4)oc3C)CC2)cc1.NCCCCC(N)C(=O)O. The minimum Gasteiger partial charge on any atom is -0.548 e. The summed E-state index contributed by atoms with van der Waals surface area (Å²) in [7, 11) is 1.54. The summed E-state index contributed by atoms with van der Waals surface area (Å²) in [6, 6.07) is 15.3. The molecule has 2 aromatic carbocycles. The van der Waals surface area contributed by atoms with E-state index >= 15 is 0 Å². The monoisotopic (exact) mass is 681 g/mol. The molecule has 0 bridgehead atoms. The molecule has 1 aliphatic carbocycles. The largest absolute Gasteiger partial charge is 0.548 e. The summed E-state index contributed by atoms with van der Waals surface area (Å²) in [5, 5.41) is 19.7. The van der Waals surface area contributed by atoms with Crippen molar-refractivity contribution in [2.45, 2.75) is 83.4 Å². The lowest BCUT2D eigenvalue weighted by Gasteiger charge is -2.38. The highest BCUT2D eigenvalue weighted by Crippen LogP contribution is 2.31. The molecule has 0 radical (unpaired) electrons. The van der Waals surface area contributed by atoms with Crippen LogP contribution in [-0.2, 0) is 20.7 Å². The quantitative estimate of drug-likeness (QED) is 0.184. The molecule has 13 heteroatoms. The van der Waals surface area contributed by atoms with Crippen molar-refractivity contribution < 1.29 is 43.2 Å². The molecule has 268 valence electrons. The van der Waals surface area contributed by atoms with E-state index in [-0.39, 0.29) is 18.1 Å². The number of rotatable bonds is 16. The van der Waals surface area contributed by atoms with Gasteiger partial charge in [-0.2, -0.15) is 0 Å². The Labute approximate surface area is 287 Å². The summed E-state index contributed by atoms with van der Waals surface area (Å²) in [5.41, 5.74) is 12.3. The average Bonchev–Trinajstić information content (AvgIpc) is 3.48. The highest BCUT2D eigenvalue weighted by atomic mass is 16.6. The van der Waals surface area contributed by atoms with Crippen LogP contribution in [-0.4, -0.2) is 78.0 Å². The fraction of sp³-hybridized carbons (Fsp3) is 0.500. The highest BCUT2D eigenvalue weighted by molar-refractivity contribution is 5.77. The number of amides is 1. The molecule has 0 spiro atoms. The van der Waals surface area contributed by atoms with E-state index in [1.165, 1.54) is 4.90 Å². The molecule has 1 aliphatic rings. The Hall–Kier alpha value is -4.46. The molecular weight excluding hydrogens is 632 g/mol. The molecule has 2 atom stereocenters. The summed E-state index contributed by atoms with van der Waals surface area (Å²) in [4.78, 5) is 40.3. The van der Waals surface area contributed by atoms with Crippen molar-refractivity contribution in [3.05, 3.63) is 66.1 Å². The standard InChI is InChI=1S/C30H36N2O7.C6H14N2O2/c1-20(32(19-28(33)34)30(35)39-26-15-13-24(36-3)14-16-26)22-9-11-25(12-10-22)37-18-17-27-21(2)38-29(31-27)23-7-5-4-6-8-23;7-4-2-1-3-5(8)6(9)10/h4-8,13-16,20,22,25H,9-12,17-19H2,1-3H3,(H,33,34);5H,1-4,7-8H2,(H,9,10)/p-1. The number of aryl methyl sites for hydroxylation is 1. The number of aromatic nitrogens is 1. The maximum absolute atomic E-state index is 12.9. The third kappa shape index (κ3) is 12.8. The van der Waals surface area contributed by atoms with E-state index in [9.17, 15) is 19.5 Å². The van der Waals surface area contributed by atoms with Crippen LogP contribution in [0.5, 0.6) is 11.5 Å². The van der Waals surface area contributed by atoms with Crippen molar-refractivity contribution in [2.75, 3.05) is 26.8 Å². The zero-order valence-corrected chi connectivity index (χ0v) is 28.5. The Morgan fingerprint density at radius 3 is 2.29 bits per heavy atom. The third-order valence-corrected chi connectivity index (χ3v) is 8.58. The van der Waals surface area contributed by atoms with Crippen molar-refractivity contribution in [2.24, 2.45) is 17.4 Å². The van der Waals surface area contributed by atoms with Crippen molar-refractivity contribution in [1.29, 1.82) is 0 Å². The predicted octanol–water partition coefficient (Wildman–Crippen LogP) is 3.94. The predicted molar refractivity (Wildman–Crippen MR) is 181 cm³/mol. The maximum atomic E-state index is 12.9. The Morgan fingerprint density at radius 2 is 1.69 bits per heavy atom. The third-order valence-electron chi connectivity index (χ3n) is 8.58. The number of carbonyl (C=O) groups excluding carboxylic acids is 2. The number of unbranched alkanes of at least 4 members (excludes halogenated alkanes) is 1. The van der Waals surface area contributed by atoms with Gasteiger partial charge < -0.3 is 45.1 Å². The Bertz CT molecular complexity index is 1440. The van der Waals surface area contributed by atoms with Crippen LogP contribution in [0.3, 0.4) is 0 Å². The molecule has 1 saturated carbocycles. The number of hydrogen-bond acceptors (Lipinski definition) is 11. The lowest BCUT2D eigenvalue weighted by atomic mass is 9.82. The van der Waals surface area contributed by atoms with Crippen LogP contribution in [0, 0.1) is 12.8 Å². The number of carbonyl (C=O) groups is 3. The van der Waals surface area contributed by atoms with Crippen molar-refractivity contribution in [3.8, 4) is 23.0 Å². The number of aliphatic carboxylic acids is 2. The molecule has 3 aromatic rings. The number of ether oxygens (including phenoxy) is 3. The summed E-state index contributed by atoms with van der Waals surface area (Å²) in [6.45, 7) is 4.39.